The lowest BCUT2D eigenvalue weighted by molar-refractivity contribution is 0.122. The molecule has 164 valence electrons. The summed E-state index contributed by atoms with van der Waals surface area (Å²) in [5.74, 6) is 0. The van der Waals surface area contributed by atoms with E-state index in [2.05, 4.69) is 59.7 Å². The number of anilines is 2. The molecule has 1 aliphatic carbocycles. The molecule has 2 fully saturated rings. The van der Waals surface area contributed by atoms with Crippen molar-refractivity contribution < 1.29 is 4.74 Å². The van der Waals surface area contributed by atoms with Crippen LogP contribution in [0.1, 0.15) is 31.7 Å². The maximum Gasteiger partial charge on any atom is 0.228 e. The highest BCUT2D eigenvalue weighted by Gasteiger charge is 2.25. The minimum atomic E-state index is 0.807. The van der Waals surface area contributed by atoms with Gasteiger partial charge in [0.2, 0.25) is 5.36 Å². The highest BCUT2D eigenvalue weighted by molar-refractivity contribution is 7.22. The Balaban J connectivity index is 1.75. The highest BCUT2D eigenvalue weighted by atomic mass is 32.1. The number of hydrogen-bond donors (Lipinski definition) is 0. The molecule has 5 rings (SSSR count). The maximum absolute atomic E-state index is 5.54. The number of ether oxygens (including phenoxy) is 1. The summed E-state index contributed by atoms with van der Waals surface area (Å²) >= 11 is 1.89. The van der Waals surface area contributed by atoms with Crippen molar-refractivity contribution in [1.29, 1.82) is 0 Å². The van der Waals surface area contributed by atoms with Crippen LogP contribution < -0.4 is 19.7 Å². The van der Waals surface area contributed by atoms with E-state index in [0.29, 0.717) is 0 Å². The number of aryl methyl sites for hydroxylation is 1. The van der Waals surface area contributed by atoms with E-state index in [4.69, 9.17) is 9.72 Å². The van der Waals surface area contributed by atoms with Crippen LogP contribution in [0.15, 0.2) is 24.3 Å². The number of piperidine rings is 1. The number of aromatic nitrogens is 1. The van der Waals surface area contributed by atoms with Crippen molar-refractivity contribution in [2.45, 2.75) is 32.6 Å². The van der Waals surface area contributed by atoms with E-state index in [1.807, 2.05) is 11.3 Å². The highest BCUT2D eigenvalue weighted by Crippen LogP contribution is 2.38. The third-order valence-corrected chi connectivity index (χ3v) is 7.71. The lowest BCUT2D eigenvalue weighted by atomic mass is 10.0. The zero-order chi connectivity index (χ0) is 21.4. The molecule has 1 aromatic rings. The fraction of sp³-hybridized carbons (Fsp3) is 0.520. The summed E-state index contributed by atoms with van der Waals surface area (Å²) in [6, 6.07) is 9.08. The van der Waals surface area contributed by atoms with Gasteiger partial charge in [-0.15, -0.1) is 11.3 Å². The Bertz CT molecular complexity index is 1120. The first kappa shape index (κ1) is 20.7. The van der Waals surface area contributed by atoms with Crippen LogP contribution in [0.4, 0.5) is 11.4 Å². The van der Waals surface area contributed by atoms with Crippen LogP contribution in [0.25, 0.3) is 20.8 Å². The molecule has 0 radical (unpaired) electrons. The normalized spacial score (nSPS) is 17.5. The van der Waals surface area contributed by atoms with E-state index in [-0.39, 0.29) is 0 Å². The Labute approximate surface area is 188 Å². The van der Waals surface area contributed by atoms with E-state index >= 15 is 0 Å². The third-order valence-electron chi connectivity index (χ3n) is 6.56. The quantitative estimate of drug-likeness (QED) is 0.461. The van der Waals surface area contributed by atoms with E-state index in [9.17, 15) is 0 Å². The van der Waals surface area contributed by atoms with Crippen molar-refractivity contribution in [2.75, 3.05) is 63.3 Å². The van der Waals surface area contributed by atoms with E-state index in [1.165, 1.54) is 51.1 Å². The van der Waals surface area contributed by atoms with Gasteiger partial charge in [0, 0.05) is 51.3 Å². The van der Waals surface area contributed by atoms with Crippen molar-refractivity contribution in [3.05, 3.63) is 35.2 Å². The molecule has 0 bridgehead atoms. The molecule has 1 aromatic carbocycles. The SMILES string of the molecule is CCc1cc2nc3ccc(N4CCOCC4)cc3sc-2c(N(C)C)c1=[N+]1CCCCC1. The molecule has 2 saturated heterocycles. The summed E-state index contributed by atoms with van der Waals surface area (Å²) in [5, 5.41) is 1.43. The molecule has 6 heteroatoms. The van der Waals surface area contributed by atoms with Crippen LogP contribution in [0.2, 0.25) is 0 Å². The Morgan fingerprint density at radius 1 is 1.10 bits per heavy atom. The van der Waals surface area contributed by atoms with Gasteiger partial charge in [0.05, 0.1) is 34.0 Å². The second-order valence-corrected chi connectivity index (χ2v) is 9.89. The number of benzene rings is 2. The molecule has 3 aliphatic heterocycles. The number of hydrogen-bond acceptors (Lipinski definition) is 5. The van der Waals surface area contributed by atoms with Gasteiger partial charge in [-0.1, -0.05) is 6.92 Å². The first-order valence-electron chi connectivity index (χ1n) is 11.6. The van der Waals surface area contributed by atoms with Crippen LogP contribution in [0.5, 0.6) is 0 Å². The molecule has 5 nitrogen and oxygen atoms in total. The van der Waals surface area contributed by atoms with Gasteiger partial charge < -0.3 is 14.5 Å². The van der Waals surface area contributed by atoms with Crippen LogP contribution in [-0.2, 0) is 11.2 Å². The summed E-state index contributed by atoms with van der Waals surface area (Å²) in [5.41, 5.74) is 6.25. The third kappa shape index (κ3) is 3.92. The largest absolute Gasteiger partial charge is 0.378 e. The average Bonchev–Trinajstić information content (AvgIpc) is 2.82. The van der Waals surface area contributed by atoms with Gasteiger partial charge in [-0.3, -0.25) is 0 Å². The Morgan fingerprint density at radius 3 is 2.58 bits per heavy atom. The molecule has 0 amide bonds. The minimum absolute atomic E-state index is 0.807. The van der Waals surface area contributed by atoms with Gasteiger partial charge >= 0.3 is 0 Å². The minimum Gasteiger partial charge on any atom is -0.378 e. The first-order valence-corrected chi connectivity index (χ1v) is 12.5. The molecule has 0 saturated carbocycles. The predicted octanol–water partition coefficient (Wildman–Crippen LogP) is 3.82. The van der Waals surface area contributed by atoms with E-state index in [1.54, 1.807) is 0 Å². The summed E-state index contributed by atoms with van der Waals surface area (Å²) in [4.78, 5) is 11.2. The zero-order valence-electron chi connectivity index (χ0n) is 19.0. The molecular formula is C25H33N4OS+. The second-order valence-electron chi connectivity index (χ2n) is 8.84. The fourth-order valence-corrected chi connectivity index (χ4v) is 6.16. The zero-order valence-corrected chi connectivity index (χ0v) is 19.8. The Hall–Kier alpha value is -2.18. The standard InChI is InChI=1S/C25H33N4OS/c1-4-18-16-21-25(24(27(2)3)23(18)29-10-6-5-7-11-29)31-22-17-19(8-9-20(22)26-21)28-12-14-30-15-13-28/h8-9,16-17H,4-7,10-15H2,1-3H3/q+1. The summed E-state index contributed by atoms with van der Waals surface area (Å²) in [6.07, 6.45) is 4.96. The first-order chi connectivity index (χ1) is 15.2. The van der Waals surface area contributed by atoms with Gasteiger partial charge in [0.1, 0.15) is 18.8 Å². The van der Waals surface area contributed by atoms with Crippen molar-refractivity contribution in [1.82, 2.24) is 9.56 Å². The second kappa shape index (κ2) is 8.75. The summed E-state index contributed by atoms with van der Waals surface area (Å²) < 4.78 is 9.42. The molecular weight excluding hydrogens is 404 g/mol. The van der Waals surface area contributed by atoms with Crippen molar-refractivity contribution >= 4 is 32.9 Å². The predicted molar refractivity (Wildman–Crippen MR) is 132 cm³/mol. The van der Waals surface area contributed by atoms with Crippen molar-refractivity contribution in [3.8, 4) is 10.6 Å². The van der Waals surface area contributed by atoms with Gasteiger partial charge in [-0.05, 0) is 37.1 Å². The number of morpholine rings is 1. The lowest BCUT2D eigenvalue weighted by Crippen LogP contribution is -2.40. The molecule has 0 aromatic heterocycles. The van der Waals surface area contributed by atoms with Crippen LogP contribution in [0, 0.1) is 0 Å². The van der Waals surface area contributed by atoms with E-state index in [0.717, 1.165) is 57.0 Å². The molecule has 0 atom stereocenters. The van der Waals surface area contributed by atoms with Gasteiger partial charge in [-0.25, -0.2) is 9.56 Å². The van der Waals surface area contributed by atoms with Gasteiger partial charge in [0.15, 0.2) is 0 Å². The van der Waals surface area contributed by atoms with Crippen molar-refractivity contribution in [3.63, 3.8) is 0 Å². The topological polar surface area (TPSA) is 31.6 Å². The monoisotopic (exact) mass is 437 g/mol. The number of nitrogens with zero attached hydrogens (tertiary/aromatic N) is 4. The molecule has 0 unspecified atom stereocenters. The summed E-state index contributed by atoms with van der Waals surface area (Å²) in [7, 11) is 4.37. The van der Waals surface area contributed by atoms with Crippen molar-refractivity contribution in [2.24, 2.45) is 0 Å². The molecule has 3 heterocycles. The van der Waals surface area contributed by atoms with Crippen LogP contribution in [-0.4, -0.2) is 58.5 Å². The van der Waals surface area contributed by atoms with Crippen LogP contribution >= 0.6 is 11.3 Å². The maximum atomic E-state index is 5.54. The van der Waals surface area contributed by atoms with Crippen LogP contribution in [0.3, 0.4) is 0 Å². The summed E-state index contributed by atoms with van der Waals surface area (Å²) in [6.45, 7) is 8.12. The Morgan fingerprint density at radius 2 is 1.87 bits per heavy atom. The number of fused-ring (bicyclic) bond motifs is 2. The fourth-order valence-electron chi connectivity index (χ4n) is 4.95. The van der Waals surface area contributed by atoms with E-state index < -0.39 is 0 Å². The van der Waals surface area contributed by atoms with Gasteiger partial charge in [0.25, 0.3) is 0 Å². The molecule has 4 aliphatic rings. The van der Waals surface area contributed by atoms with Gasteiger partial charge in [-0.2, -0.15) is 0 Å². The average molecular weight is 438 g/mol. The lowest BCUT2D eigenvalue weighted by Gasteiger charge is -2.29. The smallest absolute Gasteiger partial charge is 0.228 e. The molecule has 0 N–H and O–H groups in total. The molecule has 31 heavy (non-hydrogen) atoms. The Kier molecular flexibility index (Phi) is 5.85. The molecule has 0 spiro atoms. The number of rotatable bonds is 3.